The zero-order valence-corrected chi connectivity index (χ0v) is 16.4. The zero-order chi connectivity index (χ0) is 20.4. The molecule has 2 aliphatic rings. The van der Waals surface area contributed by atoms with E-state index in [9.17, 15) is 14.0 Å². The lowest BCUT2D eigenvalue weighted by Crippen LogP contribution is -2.40. The van der Waals surface area contributed by atoms with E-state index in [1.807, 2.05) is 24.3 Å². The van der Waals surface area contributed by atoms with Crippen LogP contribution in [-0.2, 0) is 11.3 Å². The summed E-state index contributed by atoms with van der Waals surface area (Å²) in [6, 6.07) is 13.5. The number of amides is 3. The average molecular weight is 397 g/mol. The van der Waals surface area contributed by atoms with Crippen molar-refractivity contribution in [1.82, 2.24) is 10.2 Å². The van der Waals surface area contributed by atoms with Crippen molar-refractivity contribution in [2.75, 3.05) is 31.6 Å². The smallest absolute Gasteiger partial charge is 0.317 e. The number of anilines is 1. The fourth-order valence-corrected chi connectivity index (χ4v) is 4.23. The highest BCUT2D eigenvalue weighted by molar-refractivity contribution is 5.96. The molecular formula is C22H24FN3O3. The molecule has 1 atom stereocenters. The molecule has 1 spiro atoms. The largest absolute Gasteiger partial charge is 0.497 e. The van der Waals surface area contributed by atoms with Gasteiger partial charge in [0.05, 0.1) is 7.11 Å². The van der Waals surface area contributed by atoms with Crippen molar-refractivity contribution in [3.05, 3.63) is 59.9 Å². The van der Waals surface area contributed by atoms with E-state index in [-0.39, 0.29) is 29.7 Å². The standard InChI is InChI=1S/C22H24FN3O3/c1-29-19-7-3-6-18(11-19)26-15-22(12-20(26)27)8-9-25(14-22)21(28)24-13-16-4-2-5-17(23)10-16/h2-7,10-11H,8-9,12-15H2,1H3,(H,24,28). The van der Waals surface area contributed by atoms with Crippen molar-refractivity contribution in [3.63, 3.8) is 0 Å². The number of methoxy groups -OCH3 is 1. The predicted octanol–water partition coefficient (Wildman–Crippen LogP) is 3.17. The van der Waals surface area contributed by atoms with E-state index >= 15 is 0 Å². The minimum atomic E-state index is -0.320. The Morgan fingerprint density at radius 2 is 2.03 bits per heavy atom. The number of carbonyl (C=O) groups excluding carboxylic acids is 2. The van der Waals surface area contributed by atoms with Crippen molar-refractivity contribution in [2.24, 2.45) is 5.41 Å². The molecule has 2 heterocycles. The number of ether oxygens (including phenoxy) is 1. The molecule has 29 heavy (non-hydrogen) atoms. The molecule has 1 unspecified atom stereocenters. The zero-order valence-electron chi connectivity index (χ0n) is 16.4. The van der Waals surface area contributed by atoms with Crippen LogP contribution in [0.5, 0.6) is 5.75 Å². The third kappa shape index (κ3) is 4.04. The average Bonchev–Trinajstić information content (AvgIpc) is 3.29. The molecular weight excluding hydrogens is 373 g/mol. The summed E-state index contributed by atoms with van der Waals surface area (Å²) >= 11 is 0. The van der Waals surface area contributed by atoms with Gasteiger partial charge in [0.15, 0.2) is 0 Å². The molecule has 2 saturated heterocycles. The molecule has 1 N–H and O–H groups in total. The molecule has 7 heteroatoms. The van der Waals surface area contributed by atoms with Gasteiger partial charge in [0.1, 0.15) is 11.6 Å². The first-order valence-electron chi connectivity index (χ1n) is 9.70. The molecule has 4 rings (SSSR count). The van der Waals surface area contributed by atoms with Crippen LogP contribution in [0.3, 0.4) is 0 Å². The van der Waals surface area contributed by atoms with Crippen LogP contribution in [-0.4, -0.2) is 43.6 Å². The lowest BCUT2D eigenvalue weighted by Gasteiger charge is -2.24. The molecule has 2 aromatic rings. The molecule has 2 fully saturated rings. The van der Waals surface area contributed by atoms with Gasteiger partial charge in [0.25, 0.3) is 0 Å². The second kappa shape index (κ2) is 7.73. The summed E-state index contributed by atoms with van der Waals surface area (Å²) in [5.74, 6) is 0.459. The van der Waals surface area contributed by atoms with Crippen LogP contribution in [0.1, 0.15) is 18.4 Å². The van der Waals surface area contributed by atoms with Crippen LogP contribution in [0, 0.1) is 11.2 Å². The quantitative estimate of drug-likeness (QED) is 0.862. The minimum absolute atomic E-state index is 0.0697. The number of rotatable bonds is 4. The van der Waals surface area contributed by atoms with E-state index in [0.29, 0.717) is 37.4 Å². The number of likely N-dealkylation sites (tertiary alicyclic amines) is 1. The first-order chi connectivity index (χ1) is 14.0. The number of carbonyl (C=O) groups is 2. The number of urea groups is 1. The first kappa shape index (κ1) is 19.2. The number of hydrogen-bond acceptors (Lipinski definition) is 3. The van der Waals surface area contributed by atoms with Gasteiger partial charge in [-0.3, -0.25) is 4.79 Å². The Labute approximate surface area is 169 Å². The first-order valence-corrected chi connectivity index (χ1v) is 9.70. The van der Waals surface area contributed by atoms with Gasteiger partial charge in [0, 0.05) is 49.8 Å². The highest BCUT2D eigenvalue weighted by atomic mass is 19.1. The van der Waals surface area contributed by atoms with Crippen LogP contribution in [0.15, 0.2) is 48.5 Å². The topological polar surface area (TPSA) is 61.9 Å². The third-order valence-electron chi connectivity index (χ3n) is 5.74. The van der Waals surface area contributed by atoms with Gasteiger partial charge in [-0.1, -0.05) is 18.2 Å². The molecule has 2 aliphatic heterocycles. The van der Waals surface area contributed by atoms with Gasteiger partial charge in [-0.25, -0.2) is 9.18 Å². The molecule has 0 aromatic heterocycles. The van der Waals surface area contributed by atoms with E-state index in [1.54, 1.807) is 29.0 Å². The predicted molar refractivity (Wildman–Crippen MR) is 107 cm³/mol. The molecule has 6 nitrogen and oxygen atoms in total. The molecule has 0 saturated carbocycles. The Bertz CT molecular complexity index is 935. The van der Waals surface area contributed by atoms with E-state index in [4.69, 9.17) is 4.74 Å². The fourth-order valence-electron chi connectivity index (χ4n) is 4.23. The van der Waals surface area contributed by atoms with Crippen molar-refractivity contribution in [1.29, 1.82) is 0 Å². The van der Waals surface area contributed by atoms with Gasteiger partial charge in [0.2, 0.25) is 5.91 Å². The maximum Gasteiger partial charge on any atom is 0.317 e. The van der Waals surface area contributed by atoms with Crippen molar-refractivity contribution >= 4 is 17.6 Å². The second-order valence-electron chi connectivity index (χ2n) is 7.82. The molecule has 0 aliphatic carbocycles. The summed E-state index contributed by atoms with van der Waals surface area (Å²) in [6.07, 6.45) is 1.21. The Balaban J connectivity index is 1.38. The highest BCUT2D eigenvalue weighted by Crippen LogP contribution is 2.42. The fraction of sp³-hybridized carbons (Fsp3) is 0.364. The molecule has 152 valence electrons. The molecule has 0 bridgehead atoms. The van der Waals surface area contributed by atoms with Gasteiger partial charge in [-0.05, 0) is 36.2 Å². The van der Waals surface area contributed by atoms with Gasteiger partial charge in [-0.2, -0.15) is 0 Å². The Hall–Kier alpha value is -3.09. The molecule has 2 aromatic carbocycles. The van der Waals surface area contributed by atoms with E-state index in [2.05, 4.69) is 5.32 Å². The lowest BCUT2D eigenvalue weighted by atomic mass is 9.86. The Morgan fingerprint density at radius 1 is 1.21 bits per heavy atom. The van der Waals surface area contributed by atoms with Gasteiger partial charge in [-0.15, -0.1) is 0 Å². The van der Waals surface area contributed by atoms with Crippen molar-refractivity contribution in [2.45, 2.75) is 19.4 Å². The highest BCUT2D eigenvalue weighted by Gasteiger charge is 2.48. The Kier molecular flexibility index (Phi) is 5.13. The third-order valence-corrected chi connectivity index (χ3v) is 5.74. The van der Waals surface area contributed by atoms with Gasteiger partial charge >= 0.3 is 6.03 Å². The van der Waals surface area contributed by atoms with Crippen LogP contribution in [0.25, 0.3) is 0 Å². The monoisotopic (exact) mass is 397 g/mol. The summed E-state index contributed by atoms with van der Waals surface area (Å²) in [5, 5.41) is 2.85. The second-order valence-corrected chi connectivity index (χ2v) is 7.82. The molecule has 3 amide bonds. The van der Waals surface area contributed by atoms with Crippen LogP contribution < -0.4 is 15.0 Å². The SMILES string of the molecule is COc1cccc(N2CC3(CCN(C(=O)NCc4cccc(F)c4)C3)CC2=O)c1. The summed E-state index contributed by atoms with van der Waals surface area (Å²) in [5.41, 5.74) is 1.31. The number of nitrogens with zero attached hydrogens (tertiary/aromatic N) is 2. The number of hydrogen-bond donors (Lipinski definition) is 1. The van der Waals surface area contributed by atoms with E-state index < -0.39 is 0 Å². The number of nitrogens with one attached hydrogen (secondary N) is 1. The van der Waals surface area contributed by atoms with E-state index in [1.165, 1.54) is 12.1 Å². The molecule has 0 radical (unpaired) electrons. The number of benzene rings is 2. The normalized spacial score (nSPS) is 21.1. The van der Waals surface area contributed by atoms with Crippen LogP contribution in [0.2, 0.25) is 0 Å². The number of halogens is 1. The summed E-state index contributed by atoms with van der Waals surface area (Å²) < 4.78 is 18.5. The summed E-state index contributed by atoms with van der Waals surface area (Å²) in [7, 11) is 1.60. The van der Waals surface area contributed by atoms with Crippen LogP contribution in [0.4, 0.5) is 14.9 Å². The summed E-state index contributed by atoms with van der Waals surface area (Å²) in [6.45, 7) is 2.00. The maximum absolute atomic E-state index is 13.3. The summed E-state index contributed by atoms with van der Waals surface area (Å²) in [4.78, 5) is 28.8. The van der Waals surface area contributed by atoms with Crippen molar-refractivity contribution in [3.8, 4) is 5.75 Å². The van der Waals surface area contributed by atoms with E-state index in [0.717, 1.165) is 12.1 Å². The van der Waals surface area contributed by atoms with Crippen LogP contribution >= 0.6 is 0 Å². The maximum atomic E-state index is 13.3. The minimum Gasteiger partial charge on any atom is -0.497 e. The lowest BCUT2D eigenvalue weighted by molar-refractivity contribution is -0.117. The van der Waals surface area contributed by atoms with Crippen molar-refractivity contribution < 1.29 is 18.7 Å². The Morgan fingerprint density at radius 3 is 2.83 bits per heavy atom. The van der Waals surface area contributed by atoms with Gasteiger partial charge < -0.3 is 19.9 Å².